The van der Waals surface area contributed by atoms with Crippen molar-refractivity contribution in [1.29, 1.82) is 0 Å². The number of ether oxygens (including phenoxy) is 2. The standard InChI is InChI=1S/C56H61N3O15S3/c1-8-27-57-44-19-14-37-13-17-40(76(66,67)68)34-43(37)53(44)56(5,26-30-73-7)47(57)21-15-38(51-35(2)32-39(33-36(51)3)54(62)74-59-49(60)23-24-50(59)61)16-22-48-55(4,25-29-72-6)52-42-11-9-12-46(77(69,70)71)41(42)18-20-45(52)58(48)28-10-31-75(63,64)65/h9,11-22,32-34H,8,10,23-31H2,1-7H3,(H2-,63,64,65,66,67,68,69,70,71). The molecule has 0 bridgehead atoms. The lowest BCUT2D eigenvalue weighted by Crippen LogP contribution is -2.33. The van der Waals surface area contributed by atoms with Crippen LogP contribution in [-0.4, -0.2) is 118 Å². The summed E-state index contributed by atoms with van der Waals surface area (Å²) in [6, 6.07) is 19.4. The van der Waals surface area contributed by atoms with Crippen molar-refractivity contribution in [3.63, 3.8) is 0 Å². The van der Waals surface area contributed by atoms with Gasteiger partial charge in [0.2, 0.25) is 5.69 Å². The molecule has 18 nitrogen and oxygen atoms in total. The minimum Gasteiger partial charge on any atom is -0.744 e. The summed E-state index contributed by atoms with van der Waals surface area (Å²) in [4.78, 5) is 45.4. The molecule has 1 saturated heterocycles. The summed E-state index contributed by atoms with van der Waals surface area (Å²) < 4.78 is 121. The molecule has 0 aromatic heterocycles. The number of aryl methyl sites for hydroxylation is 2. The maximum absolute atomic E-state index is 13.6. The number of hydroxylamine groups is 2. The minimum absolute atomic E-state index is 0.0174. The van der Waals surface area contributed by atoms with Crippen molar-refractivity contribution < 1.29 is 72.2 Å². The monoisotopic (exact) mass is 1110 g/mol. The van der Waals surface area contributed by atoms with Crippen molar-refractivity contribution in [3.8, 4) is 0 Å². The van der Waals surface area contributed by atoms with E-state index in [-0.39, 0.29) is 48.3 Å². The van der Waals surface area contributed by atoms with Crippen LogP contribution in [-0.2, 0) is 65.1 Å². The molecule has 21 heteroatoms. The molecule has 5 aromatic carbocycles. The lowest BCUT2D eigenvalue weighted by atomic mass is 9.74. The molecule has 8 rings (SSSR count). The summed E-state index contributed by atoms with van der Waals surface area (Å²) in [5.74, 6) is -2.74. The quantitative estimate of drug-likeness (QED) is 0.0321. The molecule has 3 aliphatic rings. The first kappa shape index (κ1) is 56.8. The summed E-state index contributed by atoms with van der Waals surface area (Å²) in [5.41, 5.74) is 5.16. The molecule has 77 heavy (non-hydrogen) atoms. The van der Waals surface area contributed by atoms with Crippen molar-refractivity contribution in [3.05, 3.63) is 136 Å². The van der Waals surface area contributed by atoms with Gasteiger partial charge in [0.05, 0.1) is 26.5 Å². The molecule has 5 aromatic rings. The van der Waals surface area contributed by atoms with E-state index in [4.69, 9.17) is 14.3 Å². The number of carbonyl (C=O) groups is 3. The Balaban J connectivity index is 1.39. The Labute approximate surface area is 448 Å². The van der Waals surface area contributed by atoms with E-state index in [9.17, 15) is 53.3 Å². The number of hydrogen-bond acceptors (Lipinski definition) is 14. The molecular formula is C56H61N3O15S3. The lowest BCUT2D eigenvalue weighted by Gasteiger charge is -2.30. The topological polar surface area (TPSA) is 254 Å². The van der Waals surface area contributed by atoms with Crippen LogP contribution in [0.25, 0.3) is 27.1 Å². The van der Waals surface area contributed by atoms with Crippen molar-refractivity contribution >= 4 is 92.3 Å². The summed E-state index contributed by atoms with van der Waals surface area (Å²) >= 11 is 0. The van der Waals surface area contributed by atoms with Gasteiger partial charge < -0.3 is 23.8 Å². The molecule has 2 unspecified atom stereocenters. The van der Waals surface area contributed by atoms with Gasteiger partial charge >= 0.3 is 5.97 Å². The molecule has 0 spiro atoms. The molecule has 408 valence electrons. The minimum atomic E-state index is -4.93. The SMILES string of the molecule is CCCN1/C(=C/C=C(/C=C/C2=[N+](CCCS(=O)(=O)O)c3ccc4c(S(=O)(=O)[O-])cccc4c3C2(C)CCOC)c2c(C)cc(C(=O)ON3C(=O)CCC3=O)cc2C)C(C)(CCOC)c2c1ccc1ccc(S(=O)(=O)O)cc21. The summed E-state index contributed by atoms with van der Waals surface area (Å²) in [6.45, 7) is 10.8. The number of fused-ring (bicyclic) bond motifs is 6. The number of anilines is 1. The molecule has 0 saturated carbocycles. The first-order valence-corrected chi connectivity index (χ1v) is 29.5. The second kappa shape index (κ2) is 21.8. The number of benzene rings is 5. The Hall–Kier alpha value is -6.43. The summed E-state index contributed by atoms with van der Waals surface area (Å²) in [7, 11) is -10.8. The number of carbonyl (C=O) groups excluding carboxylic acids is 3. The largest absolute Gasteiger partial charge is 0.744 e. The molecular weight excluding hydrogens is 1050 g/mol. The molecule has 1 fully saturated rings. The van der Waals surface area contributed by atoms with Crippen LogP contribution in [0, 0.1) is 13.8 Å². The first-order chi connectivity index (χ1) is 36.3. The third-order valence-corrected chi connectivity index (χ3v) is 17.4. The molecule has 2 amide bonds. The van der Waals surface area contributed by atoms with Crippen LogP contribution in [0.2, 0.25) is 0 Å². The highest BCUT2D eigenvalue weighted by molar-refractivity contribution is 7.86. The van der Waals surface area contributed by atoms with Crippen molar-refractivity contribution in [2.75, 3.05) is 51.2 Å². The molecule has 2 atom stereocenters. The van der Waals surface area contributed by atoms with Gasteiger partial charge in [0.15, 0.2) is 5.71 Å². The van der Waals surface area contributed by atoms with Gasteiger partial charge in [-0.1, -0.05) is 37.3 Å². The van der Waals surface area contributed by atoms with E-state index in [1.165, 1.54) is 24.3 Å². The third kappa shape index (κ3) is 11.0. The van der Waals surface area contributed by atoms with E-state index in [1.807, 2.05) is 54.9 Å². The Morgan fingerprint density at radius 2 is 1.47 bits per heavy atom. The van der Waals surface area contributed by atoms with Crippen LogP contribution in [0.4, 0.5) is 11.4 Å². The highest BCUT2D eigenvalue weighted by atomic mass is 32.2. The fourth-order valence-electron chi connectivity index (χ4n) is 11.4. The number of allylic oxidation sites excluding steroid dienone is 6. The number of amides is 2. The van der Waals surface area contributed by atoms with Crippen LogP contribution in [0.15, 0.2) is 113 Å². The third-order valence-electron chi connectivity index (χ3n) is 14.9. The van der Waals surface area contributed by atoms with Crippen LogP contribution < -0.4 is 4.90 Å². The number of methoxy groups -OCH3 is 2. The zero-order chi connectivity index (χ0) is 56.0. The second-order valence-electron chi connectivity index (χ2n) is 20.0. The predicted molar refractivity (Wildman–Crippen MR) is 289 cm³/mol. The molecule has 0 radical (unpaired) electrons. The Kier molecular flexibility index (Phi) is 16.1. The predicted octanol–water partition coefficient (Wildman–Crippen LogP) is 8.40. The van der Waals surface area contributed by atoms with Crippen LogP contribution in [0.3, 0.4) is 0 Å². The molecule has 0 aliphatic carbocycles. The summed E-state index contributed by atoms with van der Waals surface area (Å²) in [6.07, 6.45) is 9.01. The van der Waals surface area contributed by atoms with E-state index < -0.39 is 69.6 Å². The molecule has 3 aliphatic heterocycles. The fourth-order valence-corrected chi connectivity index (χ4v) is 13.1. The zero-order valence-corrected chi connectivity index (χ0v) is 46.2. The van der Waals surface area contributed by atoms with Gasteiger partial charge in [0, 0.05) is 87.7 Å². The number of imide groups is 1. The Bertz CT molecular complexity index is 3710. The molecule has 3 heterocycles. The second-order valence-corrected chi connectivity index (χ2v) is 24.4. The van der Waals surface area contributed by atoms with E-state index in [0.29, 0.717) is 87.5 Å². The zero-order valence-electron chi connectivity index (χ0n) is 43.8. The van der Waals surface area contributed by atoms with Gasteiger partial charge in [-0.3, -0.25) is 18.7 Å². The fraction of sp³-hybridized carbons (Fsp3) is 0.357. The smallest absolute Gasteiger partial charge is 0.363 e. The average Bonchev–Trinajstić information content (AvgIpc) is 4.03. The normalized spacial score (nSPS) is 19.7. The number of rotatable bonds is 20. The summed E-state index contributed by atoms with van der Waals surface area (Å²) in [5, 5.41) is 2.56. The van der Waals surface area contributed by atoms with Crippen LogP contribution >= 0.6 is 0 Å². The maximum Gasteiger partial charge on any atom is 0.363 e. The van der Waals surface area contributed by atoms with Crippen molar-refractivity contribution in [1.82, 2.24) is 5.06 Å². The van der Waals surface area contributed by atoms with Gasteiger partial charge in [-0.15, -0.1) is 5.06 Å². The molecule has 2 N–H and O–H groups in total. The highest BCUT2D eigenvalue weighted by Gasteiger charge is 2.49. The Morgan fingerprint density at radius 1 is 0.818 bits per heavy atom. The van der Waals surface area contributed by atoms with Crippen molar-refractivity contribution in [2.45, 2.75) is 93.8 Å². The lowest BCUT2D eigenvalue weighted by molar-refractivity contribution is -0.437. The van der Waals surface area contributed by atoms with E-state index >= 15 is 0 Å². The highest BCUT2D eigenvalue weighted by Crippen LogP contribution is 2.54. The number of hydrogen-bond donors (Lipinski definition) is 2. The van der Waals surface area contributed by atoms with Gasteiger partial charge in [-0.05, 0) is 151 Å². The van der Waals surface area contributed by atoms with Gasteiger partial charge in [0.1, 0.15) is 16.7 Å². The van der Waals surface area contributed by atoms with Crippen LogP contribution in [0.1, 0.15) is 97.5 Å². The van der Waals surface area contributed by atoms with E-state index in [1.54, 1.807) is 64.5 Å². The van der Waals surface area contributed by atoms with Crippen LogP contribution in [0.5, 0.6) is 0 Å². The van der Waals surface area contributed by atoms with E-state index in [2.05, 4.69) is 11.8 Å². The average molecular weight is 1110 g/mol. The maximum atomic E-state index is 13.6. The van der Waals surface area contributed by atoms with Gasteiger partial charge in [0.25, 0.3) is 32.1 Å². The van der Waals surface area contributed by atoms with Gasteiger partial charge in [-0.2, -0.15) is 21.4 Å². The Morgan fingerprint density at radius 3 is 2.08 bits per heavy atom. The van der Waals surface area contributed by atoms with Crippen molar-refractivity contribution in [2.24, 2.45) is 0 Å². The first-order valence-electron chi connectivity index (χ1n) is 25.0. The number of nitrogens with zero attached hydrogens (tertiary/aromatic N) is 3. The van der Waals surface area contributed by atoms with Gasteiger partial charge in [-0.25, -0.2) is 13.2 Å². The van der Waals surface area contributed by atoms with E-state index in [0.717, 1.165) is 22.3 Å².